The van der Waals surface area contributed by atoms with Crippen LogP contribution >= 0.6 is 11.6 Å². The Bertz CT molecular complexity index is 411. The van der Waals surface area contributed by atoms with Crippen molar-refractivity contribution in [1.82, 2.24) is 5.32 Å². The average molecular weight is 270 g/mol. The zero-order valence-electron chi connectivity index (χ0n) is 10.8. The second-order valence-corrected chi connectivity index (χ2v) is 5.51. The van der Waals surface area contributed by atoms with Gasteiger partial charge in [0.1, 0.15) is 18.5 Å². The third-order valence-corrected chi connectivity index (χ3v) is 3.72. The lowest BCUT2D eigenvalue weighted by atomic mass is 10.2. The van der Waals surface area contributed by atoms with Gasteiger partial charge in [-0.2, -0.15) is 0 Å². The standard InChI is InChI=1S/C14H20ClNO2/c1-9-5-12(3-4-13(9)15)18-8-11(17)7-16-14-6-10(14)2/h3-5,10-11,14,16-17H,6-8H2,1-2H3. The van der Waals surface area contributed by atoms with Crippen LogP contribution in [-0.2, 0) is 0 Å². The molecule has 0 amide bonds. The van der Waals surface area contributed by atoms with Crippen molar-refractivity contribution in [1.29, 1.82) is 0 Å². The van der Waals surface area contributed by atoms with E-state index in [0.29, 0.717) is 19.2 Å². The van der Waals surface area contributed by atoms with Crippen LogP contribution in [0.3, 0.4) is 0 Å². The Kier molecular flexibility index (Phi) is 4.49. The van der Waals surface area contributed by atoms with E-state index < -0.39 is 6.10 Å². The summed E-state index contributed by atoms with van der Waals surface area (Å²) in [6.45, 7) is 5.02. The van der Waals surface area contributed by atoms with Crippen molar-refractivity contribution in [3.05, 3.63) is 28.8 Å². The molecule has 2 N–H and O–H groups in total. The van der Waals surface area contributed by atoms with E-state index in [9.17, 15) is 5.11 Å². The Morgan fingerprint density at radius 2 is 2.28 bits per heavy atom. The van der Waals surface area contributed by atoms with Gasteiger partial charge in [0.05, 0.1) is 0 Å². The fourth-order valence-electron chi connectivity index (χ4n) is 1.85. The third kappa shape index (κ3) is 3.87. The number of hydrogen-bond donors (Lipinski definition) is 2. The average Bonchev–Trinajstić information content (AvgIpc) is 3.04. The van der Waals surface area contributed by atoms with E-state index in [2.05, 4.69) is 12.2 Å². The molecule has 3 atom stereocenters. The van der Waals surface area contributed by atoms with Gasteiger partial charge in [-0.1, -0.05) is 18.5 Å². The molecular formula is C14H20ClNO2. The van der Waals surface area contributed by atoms with E-state index in [4.69, 9.17) is 16.3 Å². The maximum Gasteiger partial charge on any atom is 0.119 e. The van der Waals surface area contributed by atoms with E-state index >= 15 is 0 Å². The molecule has 0 spiro atoms. The largest absolute Gasteiger partial charge is 0.491 e. The highest BCUT2D eigenvalue weighted by molar-refractivity contribution is 6.31. The van der Waals surface area contributed by atoms with Gasteiger partial charge in [0.2, 0.25) is 0 Å². The number of halogens is 1. The Hall–Kier alpha value is -0.770. The van der Waals surface area contributed by atoms with E-state index in [0.717, 1.165) is 22.3 Å². The summed E-state index contributed by atoms with van der Waals surface area (Å²) in [5, 5.41) is 13.8. The summed E-state index contributed by atoms with van der Waals surface area (Å²) in [5.41, 5.74) is 0.980. The lowest BCUT2D eigenvalue weighted by molar-refractivity contribution is 0.106. The van der Waals surface area contributed by atoms with Gasteiger partial charge in [0.15, 0.2) is 0 Å². The monoisotopic (exact) mass is 269 g/mol. The zero-order valence-corrected chi connectivity index (χ0v) is 11.6. The van der Waals surface area contributed by atoms with Crippen LogP contribution in [0, 0.1) is 12.8 Å². The number of benzene rings is 1. The second-order valence-electron chi connectivity index (χ2n) is 5.10. The highest BCUT2D eigenvalue weighted by Gasteiger charge is 2.32. The van der Waals surface area contributed by atoms with Gasteiger partial charge in [0.25, 0.3) is 0 Å². The maximum atomic E-state index is 9.78. The predicted molar refractivity (Wildman–Crippen MR) is 73.3 cm³/mol. The molecule has 1 aromatic rings. The molecular weight excluding hydrogens is 250 g/mol. The smallest absolute Gasteiger partial charge is 0.119 e. The van der Waals surface area contributed by atoms with Gasteiger partial charge in [-0.25, -0.2) is 0 Å². The van der Waals surface area contributed by atoms with Crippen LogP contribution < -0.4 is 10.1 Å². The zero-order chi connectivity index (χ0) is 13.1. The van der Waals surface area contributed by atoms with E-state index in [-0.39, 0.29) is 0 Å². The summed E-state index contributed by atoms with van der Waals surface area (Å²) in [7, 11) is 0. The molecule has 3 nitrogen and oxygen atoms in total. The second kappa shape index (κ2) is 5.91. The summed E-state index contributed by atoms with van der Waals surface area (Å²) in [5.74, 6) is 1.49. The normalized spacial score (nSPS) is 23.8. The van der Waals surface area contributed by atoms with Crippen molar-refractivity contribution in [3.8, 4) is 5.75 Å². The van der Waals surface area contributed by atoms with Gasteiger partial charge in [0, 0.05) is 17.6 Å². The Morgan fingerprint density at radius 1 is 1.56 bits per heavy atom. The fraction of sp³-hybridized carbons (Fsp3) is 0.571. The summed E-state index contributed by atoms with van der Waals surface area (Å²) < 4.78 is 5.53. The van der Waals surface area contributed by atoms with E-state index in [1.54, 1.807) is 0 Å². The van der Waals surface area contributed by atoms with Crippen molar-refractivity contribution in [2.75, 3.05) is 13.2 Å². The predicted octanol–water partition coefficient (Wildman–Crippen LogP) is 2.39. The number of rotatable bonds is 6. The lowest BCUT2D eigenvalue weighted by Crippen LogP contribution is -2.33. The van der Waals surface area contributed by atoms with Gasteiger partial charge < -0.3 is 15.2 Å². The number of hydrogen-bond acceptors (Lipinski definition) is 3. The van der Waals surface area contributed by atoms with Crippen molar-refractivity contribution < 1.29 is 9.84 Å². The number of nitrogens with one attached hydrogen (secondary N) is 1. The van der Waals surface area contributed by atoms with Crippen molar-refractivity contribution >= 4 is 11.6 Å². The van der Waals surface area contributed by atoms with Gasteiger partial charge >= 0.3 is 0 Å². The highest BCUT2D eigenvalue weighted by atomic mass is 35.5. The van der Waals surface area contributed by atoms with Crippen LogP contribution in [0.15, 0.2) is 18.2 Å². The van der Waals surface area contributed by atoms with Crippen LogP contribution in [0.1, 0.15) is 18.9 Å². The highest BCUT2D eigenvalue weighted by Crippen LogP contribution is 2.28. The molecule has 100 valence electrons. The van der Waals surface area contributed by atoms with Crippen LogP contribution in [-0.4, -0.2) is 30.4 Å². The minimum Gasteiger partial charge on any atom is -0.491 e. The topological polar surface area (TPSA) is 41.5 Å². The molecule has 0 bridgehead atoms. The van der Waals surface area contributed by atoms with Crippen LogP contribution in [0.5, 0.6) is 5.75 Å². The van der Waals surface area contributed by atoms with Gasteiger partial charge in [-0.05, 0) is 43.0 Å². The minimum absolute atomic E-state index is 0.301. The molecule has 1 aliphatic carbocycles. The molecule has 0 saturated heterocycles. The first-order chi connectivity index (χ1) is 8.56. The summed E-state index contributed by atoms with van der Waals surface area (Å²) in [6, 6.07) is 6.09. The summed E-state index contributed by atoms with van der Waals surface area (Å²) in [6.07, 6.45) is 0.734. The van der Waals surface area contributed by atoms with Crippen molar-refractivity contribution in [2.45, 2.75) is 32.4 Å². The Morgan fingerprint density at radius 3 is 2.89 bits per heavy atom. The molecule has 0 heterocycles. The van der Waals surface area contributed by atoms with E-state index in [1.165, 1.54) is 6.42 Å². The summed E-state index contributed by atoms with van der Waals surface area (Å²) in [4.78, 5) is 0. The lowest BCUT2D eigenvalue weighted by Gasteiger charge is -2.13. The van der Waals surface area contributed by atoms with Crippen LogP contribution in [0.2, 0.25) is 5.02 Å². The SMILES string of the molecule is Cc1cc(OCC(O)CNC2CC2C)ccc1Cl. The van der Waals surface area contributed by atoms with Gasteiger partial charge in [-0.3, -0.25) is 0 Å². The number of ether oxygens (including phenoxy) is 1. The van der Waals surface area contributed by atoms with E-state index in [1.807, 2.05) is 25.1 Å². The first-order valence-corrected chi connectivity index (χ1v) is 6.74. The van der Waals surface area contributed by atoms with Gasteiger partial charge in [-0.15, -0.1) is 0 Å². The summed E-state index contributed by atoms with van der Waals surface area (Å²) >= 11 is 5.93. The Labute approximate surface area is 113 Å². The molecule has 0 aliphatic heterocycles. The van der Waals surface area contributed by atoms with Crippen LogP contribution in [0.25, 0.3) is 0 Å². The molecule has 4 heteroatoms. The molecule has 0 aromatic heterocycles. The maximum absolute atomic E-state index is 9.78. The third-order valence-electron chi connectivity index (χ3n) is 3.30. The van der Waals surface area contributed by atoms with Crippen molar-refractivity contribution in [2.24, 2.45) is 5.92 Å². The first kappa shape index (κ1) is 13.7. The van der Waals surface area contributed by atoms with Crippen LogP contribution in [0.4, 0.5) is 0 Å². The number of aliphatic hydroxyl groups excluding tert-OH is 1. The molecule has 2 rings (SSSR count). The fourth-order valence-corrected chi connectivity index (χ4v) is 1.97. The molecule has 0 radical (unpaired) electrons. The molecule has 1 fully saturated rings. The first-order valence-electron chi connectivity index (χ1n) is 6.36. The van der Waals surface area contributed by atoms with Crippen molar-refractivity contribution in [3.63, 3.8) is 0 Å². The number of aryl methyl sites for hydroxylation is 1. The molecule has 3 unspecified atom stereocenters. The molecule has 1 saturated carbocycles. The number of aliphatic hydroxyl groups is 1. The molecule has 1 aromatic carbocycles. The minimum atomic E-state index is -0.478. The quantitative estimate of drug-likeness (QED) is 0.833. The molecule has 18 heavy (non-hydrogen) atoms. The molecule has 1 aliphatic rings. The Balaban J connectivity index is 1.71.